The van der Waals surface area contributed by atoms with E-state index < -0.39 is 8.07 Å². The quantitative estimate of drug-likeness (QED) is 0.123. The van der Waals surface area contributed by atoms with Gasteiger partial charge in [0, 0.05) is 27.0 Å². The maximum Gasteiger partial charge on any atom is 0.260 e. The number of aromatic nitrogens is 2. The van der Waals surface area contributed by atoms with Gasteiger partial charge < -0.3 is 18.6 Å². The van der Waals surface area contributed by atoms with Crippen LogP contribution < -0.4 is 46.6 Å². The topological polar surface area (TPSA) is 28.3 Å². The number of rotatable bonds is 6. The molecular formula is C60H39BN2O2Si. The van der Waals surface area contributed by atoms with Crippen LogP contribution in [0.2, 0.25) is 0 Å². The highest BCUT2D eigenvalue weighted by Gasteiger charge is 2.43. The van der Waals surface area contributed by atoms with Crippen molar-refractivity contribution in [2.45, 2.75) is 0 Å². The van der Waals surface area contributed by atoms with E-state index in [9.17, 15) is 0 Å². The van der Waals surface area contributed by atoms with Gasteiger partial charge in [0.15, 0.2) is 8.07 Å². The Bertz CT molecular complexity index is 3750. The van der Waals surface area contributed by atoms with Crippen LogP contribution in [0.5, 0.6) is 23.0 Å². The van der Waals surface area contributed by atoms with E-state index in [1.165, 1.54) is 53.3 Å². The Morgan fingerprint density at radius 2 is 0.833 bits per heavy atom. The minimum Gasteiger partial charge on any atom is -0.458 e. The molecule has 0 radical (unpaired) electrons. The number of hydrogen-bond acceptors (Lipinski definition) is 2. The first kappa shape index (κ1) is 37.1. The number of benzene rings is 10. The Hall–Kier alpha value is -8.32. The summed E-state index contributed by atoms with van der Waals surface area (Å²) in [5.74, 6) is 3.39. The lowest BCUT2D eigenvalue weighted by Crippen LogP contribution is -2.74. The molecule has 0 bridgehead atoms. The average Bonchev–Trinajstić information content (AvgIpc) is 3.90. The van der Waals surface area contributed by atoms with Gasteiger partial charge in [-0.1, -0.05) is 188 Å². The fourth-order valence-electron chi connectivity index (χ4n) is 11.5. The highest BCUT2D eigenvalue weighted by Crippen LogP contribution is 2.43. The summed E-state index contributed by atoms with van der Waals surface area (Å²) in [4.78, 5) is 0. The van der Waals surface area contributed by atoms with E-state index in [-0.39, 0.29) is 6.71 Å². The molecule has 14 rings (SSSR count). The number of para-hydroxylation sites is 5. The molecule has 6 heteroatoms. The monoisotopic (exact) mass is 858 g/mol. The zero-order valence-electron chi connectivity index (χ0n) is 35.8. The van der Waals surface area contributed by atoms with E-state index >= 15 is 0 Å². The second-order valence-electron chi connectivity index (χ2n) is 17.5. The molecule has 4 heterocycles. The molecule has 0 aliphatic carbocycles. The molecule has 2 aliphatic rings. The highest BCUT2D eigenvalue weighted by molar-refractivity contribution is 7.20. The predicted molar refractivity (Wildman–Crippen MR) is 276 cm³/mol. The fourth-order valence-corrected chi connectivity index (χ4v) is 16.3. The molecule has 0 atom stereocenters. The maximum absolute atomic E-state index is 7.27. The van der Waals surface area contributed by atoms with Gasteiger partial charge in [-0.05, 0) is 80.2 Å². The van der Waals surface area contributed by atoms with Crippen molar-refractivity contribution in [2.24, 2.45) is 0 Å². The van der Waals surface area contributed by atoms with Gasteiger partial charge >= 0.3 is 0 Å². The zero-order valence-corrected chi connectivity index (χ0v) is 36.8. The molecule has 0 unspecified atom stereocenters. The summed E-state index contributed by atoms with van der Waals surface area (Å²) in [6, 6.07) is 86.7. The van der Waals surface area contributed by atoms with E-state index in [1.54, 1.807) is 0 Å². The Morgan fingerprint density at radius 3 is 1.52 bits per heavy atom. The first-order valence-electron chi connectivity index (χ1n) is 22.7. The van der Waals surface area contributed by atoms with Crippen molar-refractivity contribution in [3.8, 4) is 34.4 Å². The molecule has 10 aromatic carbocycles. The summed E-state index contributed by atoms with van der Waals surface area (Å²) in [5, 5.41) is 10.1. The molecule has 0 fully saturated rings. The number of hydrogen-bond donors (Lipinski definition) is 0. The van der Waals surface area contributed by atoms with Gasteiger partial charge in [0.25, 0.3) is 6.71 Å². The van der Waals surface area contributed by atoms with Gasteiger partial charge in [-0.3, -0.25) is 0 Å². The Labute approximate surface area is 383 Å². The molecule has 0 N–H and O–H groups in total. The molecule has 0 saturated heterocycles. The van der Waals surface area contributed by atoms with Crippen LogP contribution in [-0.4, -0.2) is 23.9 Å². The SMILES string of the molecule is c1ccc([Si](c2ccccc2)(c2ccccc2)c2ccc3c4cccc(-n5c6ccccc6c6ccccc65)c4n(-c4cccc5c4Oc4cccc6c4B5c4ccccc4O6)c3c2)cc1. The minimum absolute atomic E-state index is 0.0698. The van der Waals surface area contributed by atoms with Gasteiger partial charge in [0.1, 0.15) is 23.0 Å². The van der Waals surface area contributed by atoms with Crippen molar-refractivity contribution in [2.75, 3.05) is 0 Å². The maximum atomic E-state index is 7.27. The summed E-state index contributed by atoms with van der Waals surface area (Å²) in [5.41, 5.74) is 9.99. The second kappa shape index (κ2) is 14.3. The third-order valence-corrected chi connectivity index (χ3v) is 19.0. The van der Waals surface area contributed by atoms with Crippen LogP contribution >= 0.6 is 0 Å². The molecule has 66 heavy (non-hydrogen) atoms. The number of nitrogens with zero attached hydrogens (tertiary/aromatic N) is 2. The summed E-state index contributed by atoms with van der Waals surface area (Å²) in [6.45, 7) is -0.0698. The Morgan fingerprint density at radius 1 is 0.333 bits per heavy atom. The summed E-state index contributed by atoms with van der Waals surface area (Å²) in [7, 11) is -2.92. The van der Waals surface area contributed by atoms with Crippen LogP contribution in [0.4, 0.5) is 0 Å². The van der Waals surface area contributed by atoms with E-state index in [0.29, 0.717) is 0 Å². The number of fused-ring (bicyclic) bond motifs is 10. The van der Waals surface area contributed by atoms with Crippen LogP contribution in [0, 0.1) is 0 Å². The molecule has 308 valence electrons. The second-order valence-corrected chi connectivity index (χ2v) is 21.3. The lowest BCUT2D eigenvalue weighted by atomic mass is 9.35. The van der Waals surface area contributed by atoms with Crippen molar-refractivity contribution in [3.63, 3.8) is 0 Å². The van der Waals surface area contributed by atoms with Crippen LogP contribution in [0.25, 0.3) is 55.0 Å². The predicted octanol–water partition coefficient (Wildman–Crippen LogP) is 9.99. The minimum atomic E-state index is -2.92. The standard InChI is InChI=1S/C60H39BN2O2Si/c1-4-19-40(20-5-1)66(41-21-6-2-7-22-41,42-23-8-3-9-24-42)43-37-38-46-47-27-16-32-52(62-50-30-13-10-25-44(50)45-26-11-14-31-51(45)62)59(47)63(54(46)39-43)53-33-17-29-49-60(53)65-57-36-18-35-56-58(57)61(49)48-28-12-15-34-55(48)64-56/h1-39H. The van der Waals surface area contributed by atoms with Crippen molar-refractivity contribution >= 4 is 95.5 Å². The van der Waals surface area contributed by atoms with Crippen LogP contribution in [0.1, 0.15) is 0 Å². The van der Waals surface area contributed by atoms with Gasteiger partial charge in [0.05, 0.1) is 33.4 Å². The first-order valence-corrected chi connectivity index (χ1v) is 24.7. The first-order chi connectivity index (χ1) is 32.8. The summed E-state index contributed by atoms with van der Waals surface area (Å²) >= 11 is 0. The molecule has 0 saturated carbocycles. The van der Waals surface area contributed by atoms with E-state index in [0.717, 1.165) is 61.8 Å². The van der Waals surface area contributed by atoms with Crippen molar-refractivity contribution in [3.05, 3.63) is 237 Å². The van der Waals surface area contributed by atoms with Crippen LogP contribution in [0.15, 0.2) is 237 Å². The fraction of sp³-hybridized carbons (Fsp3) is 0. The zero-order chi connectivity index (χ0) is 43.3. The summed E-state index contributed by atoms with van der Waals surface area (Å²) < 4.78 is 18.8. The molecule has 2 aromatic heterocycles. The third-order valence-electron chi connectivity index (χ3n) is 14.2. The van der Waals surface area contributed by atoms with Crippen molar-refractivity contribution < 1.29 is 9.47 Å². The largest absolute Gasteiger partial charge is 0.458 e. The third kappa shape index (κ3) is 5.16. The Kier molecular flexibility index (Phi) is 8.06. The smallest absolute Gasteiger partial charge is 0.260 e. The van der Waals surface area contributed by atoms with E-state index in [2.05, 4.69) is 240 Å². The molecule has 4 nitrogen and oxygen atoms in total. The molecule has 2 aliphatic heterocycles. The average molecular weight is 859 g/mol. The summed E-state index contributed by atoms with van der Waals surface area (Å²) in [6.07, 6.45) is 0. The number of ether oxygens (including phenoxy) is 2. The normalized spacial score (nSPS) is 12.8. The van der Waals surface area contributed by atoms with Gasteiger partial charge in [-0.25, -0.2) is 0 Å². The molecular weight excluding hydrogens is 820 g/mol. The van der Waals surface area contributed by atoms with Gasteiger partial charge in [-0.15, -0.1) is 0 Å². The molecule has 0 amide bonds. The Balaban J connectivity index is 1.14. The van der Waals surface area contributed by atoms with Crippen molar-refractivity contribution in [1.82, 2.24) is 9.13 Å². The lowest BCUT2D eigenvalue weighted by molar-refractivity contribution is 0.463. The van der Waals surface area contributed by atoms with Crippen LogP contribution in [0.3, 0.4) is 0 Å². The van der Waals surface area contributed by atoms with Crippen molar-refractivity contribution in [1.29, 1.82) is 0 Å². The molecule has 0 spiro atoms. The highest BCUT2D eigenvalue weighted by atomic mass is 28.3. The van der Waals surface area contributed by atoms with E-state index in [4.69, 9.17) is 9.47 Å². The molecule has 12 aromatic rings. The van der Waals surface area contributed by atoms with Gasteiger partial charge in [0.2, 0.25) is 0 Å². The van der Waals surface area contributed by atoms with E-state index in [1.807, 2.05) is 6.07 Å². The lowest BCUT2D eigenvalue weighted by Gasteiger charge is -2.35. The van der Waals surface area contributed by atoms with Crippen LogP contribution in [-0.2, 0) is 0 Å². The van der Waals surface area contributed by atoms with Gasteiger partial charge in [-0.2, -0.15) is 0 Å².